The van der Waals surface area contributed by atoms with Crippen LogP contribution in [0.1, 0.15) is 19.8 Å². The number of nitrogens with two attached hydrogens (primary N) is 1. The van der Waals surface area contributed by atoms with Crippen LogP contribution in [0.4, 0.5) is 0 Å². The number of likely N-dealkylation sites (tertiary alicyclic amines) is 1. The molecule has 0 aromatic heterocycles. The van der Waals surface area contributed by atoms with Crippen LogP contribution in [0.2, 0.25) is 0 Å². The first-order chi connectivity index (χ1) is 5.77. The Hall–Kier alpha value is -0.120. The smallest absolute Gasteiger partial charge is 0.0585 e. The predicted molar refractivity (Wildman–Crippen MR) is 49.9 cm³/mol. The van der Waals surface area contributed by atoms with Crippen LogP contribution in [0.5, 0.6) is 0 Å². The first kappa shape index (κ1) is 9.96. The third kappa shape index (κ3) is 2.44. The van der Waals surface area contributed by atoms with Gasteiger partial charge in [0.25, 0.3) is 0 Å². The molecule has 2 atom stereocenters. The molecule has 3 heteroatoms. The van der Waals surface area contributed by atoms with Gasteiger partial charge in [-0.2, -0.15) is 0 Å². The van der Waals surface area contributed by atoms with Crippen LogP contribution in [-0.2, 0) is 0 Å². The third-order valence-corrected chi connectivity index (χ3v) is 2.81. The molecule has 72 valence electrons. The van der Waals surface area contributed by atoms with Crippen LogP contribution in [0.25, 0.3) is 0 Å². The fraction of sp³-hybridized carbons (Fsp3) is 1.00. The van der Waals surface area contributed by atoms with Gasteiger partial charge in [-0.05, 0) is 31.8 Å². The summed E-state index contributed by atoms with van der Waals surface area (Å²) in [6.45, 7) is 5.67. The molecule has 2 unspecified atom stereocenters. The van der Waals surface area contributed by atoms with Crippen molar-refractivity contribution in [3.63, 3.8) is 0 Å². The SMILES string of the molecule is CCN1CCCC(C(N)CO)C1. The molecule has 0 bridgehead atoms. The minimum Gasteiger partial charge on any atom is -0.395 e. The lowest BCUT2D eigenvalue weighted by Gasteiger charge is -2.34. The minimum atomic E-state index is -0.0145. The number of aliphatic hydroxyl groups excluding tert-OH is 1. The van der Waals surface area contributed by atoms with Crippen molar-refractivity contribution < 1.29 is 5.11 Å². The molecule has 1 aliphatic rings. The molecular weight excluding hydrogens is 152 g/mol. The summed E-state index contributed by atoms with van der Waals surface area (Å²) in [6, 6.07) is -0.0145. The highest BCUT2D eigenvalue weighted by Gasteiger charge is 2.23. The predicted octanol–water partition coefficient (Wildman–Crippen LogP) is 0.0379. The molecule has 0 radical (unpaired) electrons. The molecule has 0 aromatic rings. The molecule has 0 amide bonds. The van der Waals surface area contributed by atoms with Crippen LogP contribution in [0.3, 0.4) is 0 Å². The van der Waals surface area contributed by atoms with E-state index in [1.54, 1.807) is 0 Å². The number of hydrogen-bond acceptors (Lipinski definition) is 3. The van der Waals surface area contributed by atoms with Crippen molar-refractivity contribution in [2.24, 2.45) is 11.7 Å². The molecule has 1 saturated heterocycles. The molecular formula is C9H20N2O. The molecule has 0 aromatic carbocycles. The number of piperidine rings is 1. The van der Waals surface area contributed by atoms with Crippen molar-refractivity contribution in [1.29, 1.82) is 0 Å². The average Bonchev–Trinajstić information content (AvgIpc) is 2.17. The van der Waals surface area contributed by atoms with E-state index in [9.17, 15) is 0 Å². The molecule has 1 heterocycles. The molecule has 0 aliphatic carbocycles. The highest BCUT2D eigenvalue weighted by atomic mass is 16.3. The van der Waals surface area contributed by atoms with E-state index < -0.39 is 0 Å². The van der Waals surface area contributed by atoms with Gasteiger partial charge in [0.1, 0.15) is 0 Å². The first-order valence-corrected chi connectivity index (χ1v) is 4.86. The Morgan fingerprint density at radius 1 is 1.67 bits per heavy atom. The Morgan fingerprint density at radius 2 is 2.42 bits per heavy atom. The highest BCUT2D eigenvalue weighted by molar-refractivity contribution is 4.79. The number of rotatable bonds is 3. The summed E-state index contributed by atoms with van der Waals surface area (Å²) in [5, 5.41) is 8.90. The van der Waals surface area contributed by atoms with E-state index in [1.807, 2.05) is 0 Å². The Labute approximate surface area is 74.5 Å². The summed E-state index contributed by atoms with van der Waals surface area (Å²) >= 11 is 0. The maximum Gasteiger partial charge on any atom is 0.0585 e. The van der Waals surface area contributed by atoms with Gasteiger partial charge in [0, 0.05) is 12.6 Å². The van der Waals surface area contributed by atoms with Crippen LogP contribution in [0, 0.1) is 5.92 Å². The maximum absolute atomic E-state index is 8.90. The molecule has 0 spiro atoms. The lowest BCUT2D eigenvalue weighted by Crippen LogP contribution is -2.44. The molecule has 1 aliphatic heterocycles. The zero-order chi connectivity index (χ0) is 8.97. The summed E-state index contributed by atoms with van der Waals surface area (Å²) in [6.07, 6.45) is 2.41. The number of nitrogens with zero attached hydrogens (tertiary/aromatic N) is 1. The van der Waals surface area contributed by atoms with Crippen molar-refractivity contribution >= 4 is 0 Å². The van der Waals surface area contributed by atoms with Gasteiger partial charge in [-0.15, -0.1) is 0 Å². The molecule has 12 heavy (non-hydrogen) atoms. The topological polar surface area (TPSA) is 49.5 Å². The second kappa shape index (κ2) is 4.80. The lowest BCUT2D eigenvalue weighted by molar-refractivity contribution is 0.135. The molecule has 1 fully saturated rings. The van der Waals surface area contributed by atoms with Gasteiger partial charge in [0.15, 0.2) is 0 Å². The normalized spacial score (nSPS) is 28.8. The number of aliphatic hydroxyl groups is 1. The largest absolute Gasteiger partial charge is 0.395 e. The third-order valence-electron chi connectivity index (χ3n) is 2.81. The standard InChI is InChI=1S/C9H20N2O/c1-2-11-5-3-4-8(6-11)9(10)7-12/h8-9,12H,2-7,10H2,1H3. The van der Waals surface area contributed by atoms with Gasteiger partial charge in [-0.25, -0.2) is 0 Å². The van der Waals surface area contributed by atoms with Crippen molar-refractivity contribution in [3.05, 3.63) is 0 Å². The van der Waals surface area contributed by atoms with E-state index in [2.05, 4.69) is 11.8 Å². The summed E-state index contributed by atoms with van der Waals surface area (Å²) in [5.74, 6) is 0.503. The Balaban J connectivity index is 2.34. The molecule has 3 nitrogen and oxygen atoms in total. The molecule has 1 rings (SSSR count). The van der Waals surface area contributed by atoms with Crippen LogP contribution in [-0.4, -0.2) is 42.3 Å². The van der Waals surface area contributed by atoms with Crippen LogP contribution >= 0.6 is 0 Å². The van der Waals surface area contributed by atoms with Gasteiger partial charge in [0.2, 0.25) is 0 Å². The zero-order valence-electron chi connectivity index (χ0n) is 7.87. The van der Waals surface area contributed by atoms with Gasteiger partial charge < -0.3 is 15.7 Å². The van der Waals surface area contributed by atoms with E-state index in [0.717, 1.165) is 13.1 Å². The fourth-order valence-electron chi connectivity index (χ4n) is 1.88. The quantitative estimate of drug-likeness (QED) is 0.632. The molecule has 0 saturated carbocycles. The van der Waals surface area contributed by atoms with Crippen LogP contribution in [0.15, 0.2) is 0 Å². The summed E-state index contributed by atoms with van der Waals surface area (Å²) in [7, 11) is 0. The Kier molecular flexibility index (Phi) is 3.98. The second-order valence-corrected chi connectivity index (χ2v) is 3.64. The monoisotopic (exact) mass is 172 g/mol. The summed E-state index contributed by atoms with van der Waals surface area (Å²) in [4.78, 5) is 2.41. The summed E-state index contributed by atoms with van der Waals surface area (Å²) in [5.41, 5.74) is 5.79. The Morgan fingerprint density at radius 3 is 3.00 bits per heavy atom. The van der Waals surface area contributed by atoms with Gasteiger partial charge in [-0.3, -0.25) is 0 Å². The van der Waals surface area contributed by atoms with Crippen LogP contribution < -0.4 is 5.73 Å². The average molecular weight is 172 g/mol. The lowest BCUT2D eigenvalue weighted by atomic mass is 9.91. The fourth-order valence-corrected chi connectivity index (χ4v) is 1.88. The molecule has 3 N–H and O–H groups in total. The van der Waals surface area contributed by atoms with E-state index in [4.69, 9.17) is 10.8 Å². The van der Waals surface area contributed by atoms with Crippen molar-refractivity contribution in [1.82, 2.24) is 4.90 Å². The maximum atomic E-state index is 8.90. The minimum absolute atomic E-state index is 0.0145. The van der Waals surface area contributed by atoms with Gasteiger partial charge >= 0.3 is 0 Å². The van der Waals surface area contributed by atoms with Crippen molar-refractivity contribution in [2.75, 3.05) is 26.2 Å². The first-order valence-electron chi connectivity index (χ1n) is 4.86. The van der Waals surface area contributed by atoms with Crippen molar-refractivity contribution in [2.45, 2.75) is 25.8 Å². The van der Waals surface area contributed by atoms with Gasteiger partial charge in [-0.1, -0.05) is 6.92 Å². The van der Waals surface area contributed by atoms with E-state index in [0.29, 0.717) is 5.92 Å². The number of hydrogen-bond donors (Lipinski definition) is 2. The zero-order valence-corrected chi connectivity index (χ0v) is 7.87. The van der Waals surface area contributed by atoms with Gasteiger partial charge in [0.05, 0.1) is 6.61 Å². The van der Waals surface area contributed by atoms with E-state index >= 15 is 0 Å². The highest BCUT2D eigenvalue weighted by Crippen LogP contribution is 2.18. The Bertz CT molecular complexity index is 128. The van der Waals surface area contributed by atoms with Crippen molar-refractivity contribution in [3.8, 4) is 0 Å². The summed E-state index contributed by atoms with van der Waals surface area (Å²) < 4.78 is 0. The van der Waals surface area contributed by atoms with E-state index in [1.165, 1.54) is 19.4 Å². The second-order valence-electron chi connectivity index (χ2n) is 3.64. The van der Waals surface area contributed by atoms with E-state index in [-0.39, 0.29) is 12.6 Å².